The SMILES string of the molecule is Cc1ccc([C@@H](C)NC(=O)N[C@@H](C)CN2CCOCC2)cc1F. The van der Waals surface area contributed by atoms with E-state index < -0.39 is 0 Å². The summed E-state index contributed by atoms with van der Waals surface area (Å²) in [4.78, 5) is 14.3. The second kappa shape index (κ2) is 8.26. The molecule has 0 saturated carbocycles. The topological polar surface area (TPSA) is 53.6 Å². The molecule has 1 aromatic rings. The third kappa shape index (κ3) is 5.48. The monoisotopic (exact) mass is 323 g/mol. The van der Waals surface area contributed by atoms with E-state index >= 15 is 0 Å². The number of aryl methyl sites for hydroxylation is 1. The maximum Gasteiger partial charge on any atom is 0.315 e. The number of carbonyl (C=O) groups is 1. The predicted molar refractivity (Wildman–Crippen MR) is 87.9 cm³/mol. The van der Waals surface area contributed by atoms with Crippen molar-refractivity contribution in [2.45, 2.75) is 32.9 Å². The van der Waals surface area contributed by atoms with Crippen molar-refractivity contribution in [2.75, 3.05) is 32.8 Å². The lowest BCUT2D eigenvalue weighted by molar-refractivity contribution is 0.0349. The summed E-state index contributed by atoms with van der Waals surface area (Å²) in [7, 11) is 0. The predicted octanol–water partition coefficient (Wildman–Crippen LogP) is 2.22. The minimum Gasteiger partial charge on any atom is -0.379 e. The van der Waals surface area contributed by atoms with Gasteiger partial charge in [-0.15, -0.1) is 0 Å². The van der Waals surface area contributed by atoms with Gasteiger partial charge in [0.2, 0.25) is 0 Å². The number of amides is 2. The standard InChI is InChI=1S/C17H26FN3O2/c1-12-4-5-15(10-16(12)18)14(3)20-17(22)19-13(2)11-21-6-8-23-9-7-21/h4-5,10,13-14H,6-9,11H2,1-3H3,(H2,19,20,22)/t13-,14+/m0/s1. The van der Waals surface area contributed by atoms with Gasteiger partial charge in [-0.2, -0.15) is 0 Å². The molecule has 128 valence electrons. The molecule has 5 nitrogen and oxygen atoms in total. The van der Waals surface area contributed by atoms with E-state index in [0.29, 0.717) is 5.56 Å². The molecule has 0 spiro atoms. The van der Waals surface area contributed by atoms with E-state index in [-0.39, 0.29) is 23.9 Å². The van der Waals surface area contributed by atoms with Crippen molar-refractivity contribution in [2.24, 2.45) is 0 Å². The van der Waals surface area contributed by atoms with E-state index in [1.165, 1.54) is 6.07 Å². The molecule has 2 amide bonds. The van der Waals surface area contributed by atoms with E-state index in [2.05, 4.69) is 15.5 Å². The molecule has 2 atom stereocenters. The van der Waals surface area contributed by atoms with Crippen molar-refractivity contribution >= 4 is 6.03 Å². The van der Waals surface area contributed by atoms with Crippen LogP contribution in [0.5, 0.6) is 0 Å². The van der Waals surface area contributed by atoms with Crippen LogP contribution in [0.2, 0.25) is 0 Å². The molecule has 2 N–H and O–H groups in total. The van der Waals surface area contributed by atoms with Gasteiger partial charge in [-0.3, -0.25) is 4.90 Å². The van der Waals surface area contributed by atoms with Gasteiger partial charge in [-0.1, -0.05) is 12.1 Å². The van der Waals surface area contributed by atoms with Crippen molar-refractivity contribution < 1.29 is 13.9 Å². The number of morpholine rings is 1. The number of hydrogen-bond acceptors (Lipinski definition) is 3. The number of nitrogens with zero attached hydrogens (tertiary/aromatic N) is 1. The van der Waals surface area contributed by atoms with Crippen LogP contribution in [0.25, 0.3) is 0 Å². The molecule has 1 aliphatic heterocycles. The Morgan fingerprint density at radius 1 is 1.30 bits per heavy atom. The normalized spacial score (nSPS) is 18.3. The average molecular weight is 323 g/mol. The van der Waals surface area contributed by atoms with Crippen LogP contribution >= 0.6 is 0 Å². The van der Waals surface area contributed by atoms with Gasteiger partial charge in [-0.25, -0.2) is 9.18 Å². The van der Waals surface area contributed by atoms with Gasteiger partial charge in [0.1, 0.15) is 5.82 Å². The highest BCUT2D eigenvalue weighted by Crippen LogP contribution is 2.16. The van der Waals surface area contributed by atoms with Crippen molar-refractivity contribution in [3.63, 3.8) is 0 Å². The maximum atomic E-state index is 13.6. The Hall–Kier alpha value is -1.66. The molecule has 1 fully saturated rings. The minimum atomic E-state index is -0.253. The fraction of sp³-hybridized carbons (Fsp3) is 0.588. The largest absolute Gasteiger partial charge is 0.379 e. The molecule has 0 radical (unpaired) electrons. The fourth-order valence-corrected chi connectivity index (χ4v) is 2.64. The van der Waals surface area contributed by atoms with Crippen molar-refractivity contribution in [3.8, 4) is 0 Å². The summed E-state index contributed by atoms with van der Waals surface area (Å²) in [6, 6.07) is 4.58. The number of ether oxygens (including phenoxy) is 1. The van der Waals surface area contributed by atoms with E-state index in [1.807, 2.05) is 19.9 Å². The number of nitrogens with one attached hydrogen (secondary N) is 2. The molecule has 0 aromatic heterocycles. The average Bonchev–Trinajstić information content (AvgIpc) is 2.50. The quantitative estimate of drug-likeness (QED) is 0.873. The lowest BCUT2D eigenvalue weighted by Gasteiger charge is -2.29. The van der Waals surface area contributed by atoms with Crippen LogP contribution in [-0.4, -0.2) is 49.8 Å². The van der Waals surface area contributed by atoms with Gasteiger partial charge in [0.05, 0.1) is 19.3 Å². The molecule has 2 rings (SSSR count). The van der Waals surface area contributed by atoms with Gasteiger partial charge in [0.15, 0.2) is 0 Å². The van der Waals surface area contributed by atoms with Gasteiger partial charge in [0.25, 0.3) is 0 Å². The van der Waals surface area contributed by atoms with E-state index in [4.69, 9.17) is 4.74 Å². The first kappa shape index (κ1) is 17.7. The molecule has 0 aliphatic carbocycles. The molecular formula is C17H26FN3O2. The number of benzene rings is 1. The van der Waals surface area contributed by atoms with Crippen LogP contribution in [0, 0.1) is 12.7 Å². The van der Waals surface area contributed by atoms with Crippen molar-refractivity contribution in [3.05, 3.63) is 35.1 Å². The highest BCUT2D eigenvalue weighted by atomic mass is 19.1. The lowest BCUT2D eigenvalue weighted by atomic mass is 10.1. The molecule has 1 aromatic carbocycles. The Kier molecular flexibility index (Phi) is 6.36. The van der Waals surface area contributed by atoms with Crippen molar-refractivity contribution in [1.82, 2.24) is 15.5 Å². The van der Waals surface area contributed by atoms with Gasteiger partial charge in [-0.05, 0) is 38.0 Å². The van der Waals surface area contributed by atoms with Crippen LogP contribution in [0.1, 0.15) is 31.0 Å². The van der Waals surface area contributed by atoms with E-state index in [1.54, 1.807) is 13.0 Å². The molecule has 1 saturated heterocycles. The summed E-state index contributed by atoms with van der Waals surface area (Å²) in [5, 5.41) is 5.78. The molecule has 1 heterocycles. The third-order valence-electron chi connectivity index (χ3n) is 4.06. The number of halogens is 1. The molecule has 0 bridgehead atoms. The van der Waals surface area contributed by atoms with E-state index in [0.717, 1.165) is 38.4 Å². The Labute approximate surface area is 137 Å². The summed E-state index contributed by atoms with van der Waals surface area (Å²) in [5.41, 5.74) is 1.36. The first-order valence-corrected chi connectivity index (χ1v) is 8.09. The first-order chi connectivity index (χ1) is 11.0. The Balaban J connectivity index is 1.79. The smallest absolute Gasteiger partial charge is 0.315 e. The highest BCUT2D eigenvalue weighted by molar-refractivity contribution is 5.74. The van der Waals surface area contributed by atoms with Gasteiger partial charge < -0.3 is 15.4 Å². The highest BCUT2D eigenvalue weighted by Gasteiger charge is 2.16. The minimum absolute atomic E-state index is 0.0371. The Morgan fingerprint density at radius 2 is 2.00 bits per heavy atom. The van der Waals surface area contributed by atoms with Gasteiger partial charge >= 0.3 is 6.03 Å². The number of urea groups is 1. The fourth-order valence-electron chi connectivity index (χ4n) is 2.64. The molecule has 0 unspecified atom stereocenters. The molecule has 1 aliphatic rings. The first-order valence-electron chi connectivity index (χ1n) is 8.09. The summed E-state index contributed by atoms with van der Waals surface area (Å²) in [5.74, 6) is -0.253. The molecule has 6 heteroatoms. The zero-order chi connectivity index (χ0) is 16.8. The number of carbonyl (C=O) groups excluding carboxylic acids is 1. The van der Waals surface area contributed by atoms with Crippen molar-refractivity contribution in [1.29, 1.82) is 0 Å². The third-order valence-corrected chi connectivity index (χ3v) is 4.06. The zero-order valence-electron chi connectivity index (χ0n) is 14.1. The second-order valence-corrected chi connectivity index (χ2v) is 6.16. The number of hydrogen-bond donors (Lipinski definition) is 2. The van der Waals surface area contributed by atoms with Gasteiger partial charge in [0, 0.05) is 25.7 Å². The van der Waals surface area contributed by atoms with Crippen LogP contribution in [0.4, 0.5) is 9.18 Å². The maximum absolute atomic E-state index is 13.6. The Morgan fingerprint density at radius 3 is 2.65 bits per heavy atom. The summed E-state index contributed by atoms with van der Waals surface area (Å²) in [6.45, 7) is 9.62. The summed E-state index contributed by atoms with van der Waals surface area (Å²) < 4.78 is 18.9. The second-order valence-electron chi connectivity index (χ2n) is 6.16. The van der Waals surface area contributed by atoms with Crippen LogP contribution in [0.3, 0.4) is 0 Å². The summed E-state index contributed by atoms with van der Waals surface area (Å²) >= 11 is 0. The van der Waals surface area contributed by atoms with Crippen LogP contribution in [0.15, 0.2) is 18.2 Å². The lowest BCUT2D eigenvalue weighted by Crippen LogP contribution is -2.48. The summed E-state index contributed by atoms with van der Waals surface area (Å²) in [6.07, 6.45) is 0. The molecular weight excluding hydrogens is 297 g/mol. The Bertz CT molecular complexity index is 533. The number of rotatable bonds is 5. The zero-order valence-corrected chi connectivity index (χ0v) is 14.1. The van der Waals surface area contributed by atoms with Crippen LogP contribution in [-0.2, 0) is 4.74 Å². The molecule has 23 heavy (non-hydrogen) atoms. The van der Waals surface area contributed by atoms with Crippen LogP contribution < -0.4 is 10.6 Å². The van der Waals surface area contributed by atoms with E-state index in [9.17, 15) is 9.18 Å².